The zero-order valence-corrected chi connectivity index (χ0v) is 24.0. The molecule has 0 saturated carbocycles. The Morgan fingerprint density at radius 2 is 2.24 bits per heavy atom. The van der Waals surface area contributed by atoms with Gasteiger partial charge in [-0.25, -0.2) is 4.98 Å². The standard InChI is InChI=1S/C26H28Cl2N4O4S2/c1-26-11-18(32(34)35)5-3-17(26)4-7-22-24(26)30-25(38-22)37-15-23(33)29-12-19-14-31(8-9-36-19)13-16-2-6-20(27)21(28)10-16/h2-3,5-6,10-11,17,19H,4,7-9,12-15H2,1H3,(H,29,33)/t17?,19-,26?/m0/s1. The summed E-state index contributed by atoms with van der Waals surface area (Å²) in [5.74, 6) is 0.365. The third-order valence-corrected chi connectivity index (χ3v) is 10.3. The van der Waals surface area contributed by atoms with Crippen LogP contribution in [0.3, 0.4) is 0 Å². The van der Waals surface area contributed by atoms with Gasteiger partial charge in [-0.3, -0.25) is 19.8 Å². The van der Waals surface area contributed by atoms with E-state index in [9.17, 15) is 14.9 Å². The summed E-state index contributed by atoms with van der Waals surface area (Å²) in [6, 6.07) is 5.66. The molecular formula is C26H28Cl2N4O4S2. The SMILES string of the molecule is CC12C=C([N+](=O)[O-])C=CC1CCc1sc(SCC(=O)NC[C@H]3CN(Cc4ccc(Cl)c(Cl)c4)CCO3)nc12. The molecule has 5 rings (SSSR count). The number of nitrogens with zero attached hydrogens (tertiary/aromatic N) is 3. The first-order valence-electron chi connectivity index (χ1n) is 12.4. The van der Waals surface area contributed by atoms with Gasteiger partial charge in [0.05, 0.1) is 39.1 Å². The minimum Gasteiger partial charge on any atom is -0.374 e. The number of nitro groups is 1. The van der Waals surface area contributed by atoms with Crippen LogP contribution >= 0.6 is 46.3 Å². The number of benzene rings is 1. The van der Waals surface area contributed by atoms with E-state index in [1.165, 1.54) is 11.8 Å². The zero-order chi connectivity index (χ0) is 26.9. The molecule has 3 atom stereocenters. The van der Waals surface area contributed by atoms with E-state index >= 15 is 0 Å². The molecular weight excluding hydrogens is 567 g/mol. The Balaban J connectivity index is 1.12. The molecule has 0 radical (unpaired) electrons. The molecule has 1 amide bonds. The summed E-state index contributed by atoms with van der Waals surface area (Å²) in [5, 5.41) is 15.4. The molecule has 1 aromatic heterocycles. The van der Waals surface area contributed by atoms with Gasteiger partial charge in [0.1, 0.15) is 0 Å². The Kier molecular flexibility index (Phi) is 8.47. The average Bonchev–Trinajstić information content (AvgIpc) is 3.33. The van der Waals surface area contributed by atoms with E-state index in [0.29, 0.717) is 29.7 Å². The van der Waals surface area contributed by atoms with Crippen molar-refractivity contribution in [3.63, 3.8) is 0 Å². The van der Waals surface area contributed by atoms with Gasteiger partial charge in [-0.15, -0.1) is 11.3 Å². The molecule has 2 unspecified atom stereocenters. The van der Waals surface area contributed by atoms with E-state index in [4.69, 9.17) is 32.9 Å². The number of morpholine rings is 1. The highest BCUT2D eigenvalue weighted by molar-refractivity contribution is 8.01. The summed E-state index contributed by atoms with van der Waals surface area (Å²) < 4.78 is 6.68. The van der Waals surface area contributed by atoms with Crippen LogP contribution in [0.5, 0.6) is 0 Å². The number of ether oxygens (including phenoxy) is 1. The van der Waals surface area contributed by atoms with Crippen LogP contribution in [0.2, 0.25) is 10.0 Å². The molecule has 2 aliphatic carbocycles. The molecule has 202 valence electrons. The maximum absolute atomic E-state index is 12.6. The number of rotatable bonds is 8. The van der Waals surface area contributed by atoms with E-state index < -0.39 is 5.41 Å². The number of allylic oxidation sites excluding steroid dienone is 3. The summed E-state index contributed by atoms with van der Waals surface area (Å²) in [6.45, 7) is 5.32. The number of aryl methyl sites for hydroxylation is 1. The van der Waals surface area contributed by atoms with Crippen molar-refractivity contribution in [2.24, 2.45) is 5.92 Å². The van der Waals surface area contributed by atoms with Crippen molar-refractivity contribution in [3.05, 3.63) is 78.4 Å². The molecule has 1 saturated heterocycles. The van der Waals surface area contributed by atoms with Crippen molar-refractivity contribution in [1.82, 2.24) is 15.2 Å². The second kappa shape index (κ2) is 11.7. The molecule has 12 heteroatoms. The number of aromatic nitrogens is 1. The van der Waals surface area contributed by atoms with Gasteiger partial charge >= 0.3 is 0 Å². The summed E-state index contributed by atoms with van der Waals surface area (Å²) in [4.78, 5) is 31.9. The lowest BCUT2D eigenvalue weighted by atomic mass is 9.66. The molecule has 8 nitrogen and oxygen atoms in total. The first kappa shape index (κ1) is 27.6. The molecule has 3 aliphatic rings. The lowest BCUT2D eigenvalue weighted by molar-refractivity contribution is -0.420. The van der Waals surface area contributed by atoms with Gasteiger partial charge in [0.25, 0.3) is 5.70 Å². The first-order valence-corrected chi connectivity index (χ1v) is 15.0. The van der Waals surface area contributed by atoms with E-state index in [-0.39, 0.29) is 34.3 Å². The number of thiazole rings is 1. The van der Waals surface area contributed by atoms with Crippen LogP contribution in [0.25, 0.3) is 0 Å². The van der Waals surface area contributed by atoms with Crippen LogP contribution < -0.4 is 5.32 Å². The summed E-state index contributed by atoms with van der Waals surface area (Å²) in [6.07, 6.45) is 7.02. The lowest BCUT2D eigenvalue weighted by Crippen LogP contribution is -2.47. The molecule has 38 heavy (non-hydrogen) atoms. The molecule has 1 fully saturated rings. The molecule has 0 spiro atoms. The minimum absolute atomic E-state index is 0.0754. The Morgan fingerprint density at radius 3 is 3.03 bits per heavy atom. The van der Waals surface area contributed by atoms with Gasteiger partial charge in [-0.05, 0) is 43.4 Å². The molecule has 1 aliphatic heterocycles. The predicted molar refractivity (Wildman–Crippen MR) is 151 cm³/mol. The molecule has 2 aromatic rings. The van der Waals surface area contributed by atoms with Crippen LogP contribution in [-0.4, -0.2) is 58.8 Å². The van der Waals surface area contributed by atoms with Crippen molar-refractivity contribution in [3.8, 4) is 0 Å². The van der Waals surface area contributed by atoms with Gasteiger partial charge in [0.2, 0.25) is 5.91 Å². The maximum Gasteiger partial charge on any atom is 0.266 e. The number of hydrogen-bond donors (Lipinski definition) is 1. The zero-order valence-electron chi connectivity index (χ0n) is 20.8. The fourth-order valence-electron chi connectivity index (χ4n) is 5.25. The second-order valence-corrected chi connectivity index (χ2v) is 13.1. The lowest BCUT2D eigenvalue weighted by Gasteiger charge is -2.37. The number of carbonyl (C=O) groups is 1. The summed E-state index contributed by atoms with van der Waals surface area (Å²) in [5.41, 5.74) is 1.60. The van der Waals surface area contributed by atoms with Crippen molar-refractivity contribution < 1.29 is 14.5 Å². The highest BCUT2D eigenvalue weighted by Crippen LogP contribution is 2.48. The highest BCUT2D eigenvalue weighted by atomic mass is 35.5. The van der Waals surface area contributed by atoms with Crippen LogP contribution in [0.1, 0.15) is 29.5 Å². The number of carbonyl (C=O) groups excluding carboxylic acids is 1. The van der Waals surface area contributed by atoms with Crippen molar-refractivity contribution in [1.29, 1.82) is 0 Å². The Labute approximate surface area is 239 Å². The fraction of sp³-hybridized carbons (Fsp3) is 0.462. The smallest absolute Gasteiger partial charge is 0.266 e. The molecule has 1 aromatic carbocycles. The third kappa shape index (κ3) is 6.11. The van der Waals surface area contributed by atoms with E-state index in [1.807, 2.05) is 25.1 Å². The quantitative estimate of drug-likeness (QED) is 0.257. The van der Waals surface area contributed by atoms with Gasteiger partial charge in [0, 0.05) is 48.6 Å². The maximum atomic E-state index is 12.6. The van der Waals surface area contributed by atoms with Gasteiger partial charge in [-0.2, -0.15) is 0 Å². The third-order valence-electron chi connectivity index (χ3n) is 7.27. The summed E-state index contributed by atoms with van der Waals surface area (Å²) >= 11 is 15.2. The number of fused-ring (bicyclic) bond motifs is 3. The highest BCUT2D eigenvalue weighted by Gasteiger charge is 2.44. The van der Waals surface area contributed by atoms with Crippen molar-refractivity contribution in [2.45, 2.75) is 42.2 Å². The van der Waals surface area contributed by atoms with Gasteiger partial charge in [-0.1, -0.05) is 47.1 Å². The number of hydrogen-bond acceptors (Lipinski definition) is 8. The number of nitrogens with one attached hydrogen (secondary N) is 1. The minimum atomic E-state index is -0.496. The number of halogens is 2. The number of thioether (sulfide) groups is 1. The monoisotopic (exact) mass is 594 g/mol. The number of amides is 1. The summed E-state index contributed by atoms with van der Waals surface area (Å²) in [7, 11) is 0. The van der Waals surface area contributed by atoms with E-state index in [0.717, 1.165) is 46.4 Å². The van der Waals surface area contributed by atoms with Crippen LogP contribution in [0.4, 0.5) is 0 Å². The average molecular weight is 596 g/mol. The van der Waals surface area contributed by atoms with Gasteiger partial charge < -0.3 is 10.1 Å². The molecule has 2 heterocycles. The van der Waals surface area contributed by atoms with Crippen LogP contribution in [0.15, 0.2) is 46.5 Å². The van der Waals surface area contributed by atoms with Gasteiger partial charge in [0.15, 0.2) is 4.34 Å². The molecule has 1 N–H and O–H groups in total. The van der Waals surface area contributed by atoms with Crippen LogP contribution in [-0.2, 0) is 27.9 Å². The van der Waals surface area contributed by atoms with E-state index in [2.05, 4.69) is 10.2 Å². The normalized spacial score (nSPS) is 24.9. The Hall–Kier alpha value is -1.95. The Bertz CT molecular complexity index is 1300. The topological polar surface area (TPSA) is 97.6 Å². The van der Waals surface area contributed by atoms with Crippen LogP contribution in [0, 0.1) is 16.0 Å². The fourth-order valence-corrected chi connectivity index (χ4v) is 7.73. The second-order valence-electron chi connectivity index (χ2n) is 9.93. The Morgan fingerprint density at radius 1 is 1.39 bits per heavy atom. The van der Waals surface area contributed by atoms with Crippen molar-refractivity contribution >= 4 is 52.2 Å². The predicted octanol–water partition coefficient (Wildman–Crippen LogP) is 5.11. The van der Waals surface area contributed by atoms with E-state index in [1.54, 1.807) is 29.6 Å². The van der Waals surface area contributed by atoms with Crippen molar-refractivity contribution in [2.75, 3.05) is 32.0 Å². The first-order chi connectivity index (χ1) is 18.2. The largest absolute Gasteiger partial charge is 0.374 e. The molecule has 0 bridgehead atoms.